The van der Waals surface area contributed by atoms with Crippen molar-refractivity contribution >= 4 is 23.3 Å². The van der Waals surface area contributed by atoms with E-state index in [1.54, 1.807) is 0 Å². The molecule has 0 aromatic carbocycles. The van der Waals surface area contributed by atoms with Gasteiger partial charge in [-0.05, 0) is 18.6 Å². The zero-order chi connectivity index (χ0) is 12.3. The molecule has 4 nitrogen and oxygen atoms in total. The standard InChI is InChI=1S/C12H22N4S/c1-3-5-10-11(13)12(15(2)14-10)16-6-4-8-17-9-7-16/h3-9,13H2,1-2H3. The monoisotopic (exact) mass is 254 g/mol. The Morgan fingerprint density at radius 2 is 2.18 bits per heavy atom. The van der Waals surface area contributed by atoms with Gasteiger partial charge in [0.1, 0.15) is 5.82 Å². The molecule has 0 unspecified atom stereocenters. The molecule has 17 heavy (non-hydrogen) atoms. The number of aromatic nitrogens is 2. The van der Waals surface area contributed by atoms with Crippen LogP contribution in [0.4, 0.5) is 11.5 Å². The number of nitrogen functional groups attached to an aromatic ring is 1. The van der Waals surface area contributed by atoms with Crippen molar-refractivity contribution in [3.63, 3.8) is 0 Å². The molecule has 0 radical (unpaired) electrons. The summed E-state index contributed by atoms with van der Waals surface area (Å²) in [5.74, 6) is 3.57. The summed E-state index contributed by atoms with van der Waals surface area (Å²) < 4.78 is 1.95. The molecule has 0 spiro atoms. The minimum Gasteiger partial charge on any atom is -0.394 e. The Morgan fingerprint density at radius 3 is 2.94 bits per heavy atom. The fourth-order valence-electron chi connectivity index (χ4n) is 2.34. The quantitative estimate of drug-likeness (QED) is 0.895. The second kappa shape index (κ2) is 5.67. The SMILES string of the molecule is CCCc1nn(C)c(N2CCCSCC2)c1N. The predicted molar refractivity (Wildman–Crippen MR) is 75.8 cm³/mol. The smallest absolute Gasteiger partial charge is 0.150 e. The minimum absolute atomic E-state index is 0.890. The zero-order valence-corrected chi connectivity index (χ0v) is 11.6. The van der Waals surface area contributed by atoms with Crippen LogP contribution in [0.3, 0.4) is 0 Å². The third-order valence-corrected chi connectivity index (χ3v) is 4.19. The average Bonchev–Trinajstić information content (AvgIpc) is 2.52. The summed E-state index contributed by atoms with van der Waals surface area (Å²) in [5, 5.41) is 4.55. The molecule has 1 saturated heterocycles. The molecule has 1 aliphatic rings. The number of hydrogen-bond donors (Lipinski definition) is 1. The van der Waals surface area contributed by atoms with Gasteiger partial charge in [-0.3, -0.25) is 4.68 Å². The van der Waals surface area contributed by atoms with E-state index in [1.165, 1.54) is 17.9 Å². The largest absolute Gasteiger partial charge is 0.394 e. The van der Waals surface area contributed by atoms with Crippen LogP contribution in [0.5, 0.6) is 0 Å². The van der Waals surface area contributed by atoms with Gasteiger partial charge in [-0.2, -0.15) is 16.9 Å². The highest BCUT2D eigenvalue weighted by Crippen LogP contribution is 2.28. The van der Waals surface area contributed by atoms with E-state index in [9.17, 15) is 0 Å². The van der Waals surface area contributed by atoms with Crippen LogP contribution in [0.15, 0.2) is 0 Å². The summed E-state index contributed by atoms with van der Waals surface area (Å²) >= 11 is 2.03. The van der Waals surface area contributed by atoms with E-state index in [-0.39, 0.29) is 0 Å². The van der Waals surface area contributed by atoms with Gasteiger partial charge in [0.05, 0.1) is 11.4 Å². The van der Waals surface area contributed by atoms with E-state index in [1.807, 2.05) is 23.5 Å². The topological polar surface area (TPSA) is 47.1 Å². The van der Waals surface area contributed by atoms with Gasteiger partial charge in [-0.1, -0.05) is 13.3 Å². The number of rotatable bonds is 3. The fraction of sp³-hybridized carbons (Fsp3) is 0.750. The third kappa shape index (κ3) is 2.70. The van der Waals surface area contributed by atoms with Crippen molar-refractivity contribution in [2.75, 3.05) is 35.2 Å². The predicted octanol–water partition coefficient (Wildman–Crippen LogP) is 1.90. The van der Waals surface area contributed by atoms with Gasteiger partial charge in [0.15, 0.2) is 0 Å². The Kier molecular flexibility index (Phi) is 4.20. The van der Waals surface area contributed by atoms with Crippen LogP contribution in [0.25, 0.3) is 0 Å². The lowest BCUT2D eigenvalue weighted by Gasteiger charge is -2.22. The summed E-state index contributed by atoms with van der Waals surface area (Å²) in [7, 11) is 2.00. The van der Waals surface area contributed by atoms with E-state index in [4.69, 9.17) is 5.73 Å². The number of anilines is 2. The average molecular weight is 254 g/mol. The van der Waals surface area contributed by atoms with E-state index in [2.05, 4.69) is 16.9 Å². The Labute approximate surface area is 108 Å². The van der Waals surface area contributed by atoms with Crippen LogP contribution in [0.2, 0.25) is 0 Å². The van der Waals surface area contributed by atoms with Crippen LogP contribution in [0, 0.1) is 0 Å². The first kappa shape index (κ1) is 12.6. The molecule has 2 heterocycles. The molecular weight excluding hydrogens is 232 g/mol. The maximum Gasteiger partial charge on any atom is 0.150 e. The minimum atomic E-state index is 0.890. The molecule has 96 valence electrons. The van der Waals surface area contributed by atoms with Gasteiger partial charge in [0, 0.05) is 25.9 Å². The first-order chi connectivity index (χ1) is 8.24. The van der Waals surface area contributed by atoms with Crippen molar-refractivity contribution in [2.45, 2.75) is 26.2 Å². The molecule has 0 saturated carbocycles. The molecule has 2 rings (SSSR count). The molecule has 0 amide bonds. The van der Waals surface area contributed by atoms with Crippen molar-refractivity contribution in [2.24, 2.45) is 7.05 Å². The Bertz CT molecular complexity index is 367. The van der Waals surface area contributed by atoms with Crippen LogP contribution in [0.1, 0.15) is 25.5 Å². The van der Waals surface area contributed by atoms with Gasteiger partial charge in [0.2, 0.25) is 0 Å². The van der Waals surface area contributed by atoms with E-state index in [0.717, 1.165) is 43.1 Å². The molecule has 2 N–H and O–H groups in total. The summed E-state index contributed by atoms with van der Waals surface area (Å²) in [6.07, 6.45) is 3.30. The van der Waals surface area contributed by atoms with Crippen molar-refractivity contribution in [3.05, 3.63) is 5.69 Å². The Balaban J connectivity index is 2.23. The molecule has 0 aliphatic carbocycles. The lowest BCUT2D eigenvalue weighted by atomic mass is 10.2. The maximum atomic E-state index is 6.24. The zero-order valence-electron chi connectivity index (χ0n) is 10.8. The van der Waals surface area contributed by atoms with Crippen LogP contribution < -0.4 is 10.6 Å². The van der Waals surface area contributed by atoms with Crippen molar-refractivity contribution in [1.29, 1.82) is 0 Å². The fourth-order valence-corrected chi connectivity index (χ4v) is 3.23. The molecule has 5 heteroatoms. The third-order valence-electron chi connectivity index (χ3n) is 3.14. The second-order valence-corrected chi connectivity index (χ2v) is 5.74. The summed E-state index contributed by atoms with van der Waals surface area (Å²) in [6, 6.07) is 0. The number of aryl methyl sites for hydroxylation is 2. The van der Waals surface area contributed by atoms with Gasteiger partial charge in [-0.25, -0.2) is 0 Å². The molecule has 1 aliphatic heterocycles. The normalized spacial score (nSPS) is 17.2. The number of nitrogens with two attached hydrogens (primary N) is 1. The summed E-state index contributed by atoms with van der Waals surface area (Å²) in [6.45, 7) is 4.35. The highest BCUT2D eigenvalue weighted by atomic mass is 32.2. The van der Waals surface area contributed by atoms with Crippen LogP contribution >= 0.6 is 11.8 Å². The van der Waals surface area contributed by atoms with Gasteiger partial charge < -0.3 is 10.6 Å². The molecular formula is C12H22N4S. The number of nitrogens with zero attached hydrogens (tertiary/aromatic N) is 3. The van der Waals surface area contributed by atoms with E-state index >= 15 is 0 Å². The lowest BCUT2D eigenvalue weighted by molar-refractivity contribution is 0.696. The van der Waals surface area contributed by atoms with E-state index < -0.39 is 0 Å². The van der Waals surface area contributed by atoms with Gasteiger partial charge >= 0.3 is 0 Å². The molecule has 1 aromatic heterocycles. The summed E-state index contributed by atoms with van der Waals surface area (Å²) in [4.78, 5) is 2.39. The number of hydrogen-bond acceptors (Lipinski definition) is 4. The van der Waals surface area contributed by atoms with E-state index in [0.29, 0.717) is 0 Å². The first-order valence-corrected chi connectivity index (χ1v) is 7.53. The maximum absolute atomic E-state index is 6.24. The van der Waals surface area contributed by atoms with Crippen LogP contribution in [-0.2, 0) is 13.5 Å². The summed E-state index contributed by atoms with van der Waals surface area (Å²) in [5.41, 5.74) is 8.19. The second-order valence-electron chi connectivity index (χ2n) is 4.51. The highest BCUT2D eigenvalue weighted by molar-refractivity contribution is 7.99. The molecule has 1 fully saturated rings. The lowest BCUT2D eigenvalue weighted by Crippen LogP contribution is -2.28. The highest BCUT2D eigenvalue weighted by Gasteiger charge is 2.19. The van der Waals surface area contributed by atoms with Crippen LogP contribution in [-0.4, -0.2) is 34.4 Å². The molecule has 0 atom stereocenters. The molecule has 1 aromatic rings. The van der Waals surface area contributed by atoms with Gasteiger partial charge in [0.25, 0.3) is 0 Å². The van der Waals surface area contributed by atoms with Crippen molar-refractivity contribution in [3.8, 4) is 0 Å². The van der Waals surface area contributed by atoms with Crippen molar-refractivity contribution in [1.82, 2.24) is 9.78 Å². The Hall–Kier alpha value is -0.840. The number of thioether (sulfide) groups is 1. The van der Waals surface area contributed by atoms with Crippen molar-refractivity contribution < 1.29 is 0 Å². The Morgan fingerprint density at radius 1 is 1.35 bits per heavy atom. The van der Waals surface area contributed by atoms with Gasteiger partial charge in [-0.15, -0.1) is 0 Å². The molecule has 0 bridgehead atoms. The first-order valence-electron chi connectivity index (χ1n) is 6.38.